The van der Waals surface area contributed by atoms with Crippen LogP contribution in [0.4, 0.5) is 5.69 Å². The number of carboxylic acids is 1. The lowest BCUT2D eigenvalue weighted by molar-refractivity contribution is -0.135. The van der Waals surface area contributed by atoms with Crippen molar-refractivity contribution in [2.45, 2.75) is 6.42 Å². The molecule has 0 fully saturated rings. The number of benzene rings is 1. The number of carbonyl (C=O) groups is 3. The summed E-state index contributed by atoms with van der Waals surface area (Å²) in [5.74, 6) is -1.78. The Morgan fingerprint density at radius 3 is 2.40 bits per heavy atom. The maximum absolute atomic E-state index is 11.5. The lowest BCUT2D eigenvalue weighted by Crippen LogP contribution is -2.29. The van der Waals surface area contributed by atoms with Gasteiger partial charge in [0.05, 0.1) is 13.0 Å². The van der Waals surface area contributed by atoms with E-state index in [-0.39, 0.29) is 12.3 Å². The van der Waals surface area contributed by atoms with Crippen molar-refractivity contribution in [3.8, 4) is 0 Å². The molecule has 108 valence electrons. The van der Waals surface area contributed by atoms with Gasteiger partial charge < -0.3 is 20.5 Å². The smallest absolute Gasteiger partial charge is 0.322 e. The third-order valence-electron chi connectivity index (χ3n) is 2.36. The molecule has 20 heavy (non-hydrogen) atoms. The fourth-order valence-electron chi connectivity index (χ4n) is 1.38. The summed E-state index contributed by atoms with van der Waals surface area (Å²) in [6.45, 7) is -0.101. The molecule has 0 saturated carbocycles. The quantitative estimate of drug-likeness (QED) is 0.673. The van der Waals surface area contributed by atoms with E-state index in [0.717, 1.165) is 0 Å². The van der Waals surface area contributed by atoms with Crippen LogP contribution in [-0.4, -0.2) is 43.2 Å². The summed E-state index contributed by atoms with van der Waals surface area (Å²) in [7, 11) is 1.51. The van der Waals surface area contributed by atoms with Gasteiger partial charge in [-0.1, -0.05) is 0 Å². The third kappa shape index (κ3) is 5.49. The van der Waals surface area contributed by atoms with Crippen LogP contribution in [0.25, 0.3) is 0 Å². The Morgan fingerprint density at radius 2 is 1.85 bits per heavy atom. The van der Waals surface area contributed by atoms with Crippen LogP contribution < -0.4 is 10.6 Å². The summed E-state index contributed by atoms with van der Waals surface area (Å²) >= 11 is 0. The number of anilines is 1. The van der Waals surface area contributed by atoms with E-state index in [1.165, 1.54) is 19.2 Å². The summed E-state index contributed by atoms with van der Waals surface area (Å²) in [5, 5.41) is 13.3. The van der Waals surface area contributed by atoms with Crippen LogP contribution in [0, 0.1) is 0 Å². The Hall–Kier alpha value is -2.41. The highest BCUT2D eigenvalue weighted by atomic mass is 16.5. The number of hydrogen-bond donors (Lipinski definition) is 3. The molecule has 1 rings (SSSR count). The van der Waals surface area contributed by atoms with E-state index in [9.17, 15) is 14.4 Å². The first-order valence-electron chi connectivity index (χ1n) is 5.91. The number of methoxy groups -OCH3 is 1. The van der Waals surface area contributed by atoms with Crippen molar-refractivity contribution in [2.24, 2.45) is 0 Å². The fourth-order valence-corrected chi connectivity index (χ4v) is 1.38. The summed E-state index contributed by atoms with van der Waals surface area (Å²) in [6, 6.07) is 6.15. The van der Waals surface area contributed by atoms with Crippen molar-refractivity contribution in [1.29, 1.82) is 0 Å². The number of ether oxygens (including phenoxy) is 1. The van der Waals surface area contributed by atoms with Gasteiger partial charge in [0, 0.05) is 18.4 Å². The molecule has 0 atom stereocenters. The SMILES string of the molecule is COCCC(=O)Nc1ccc(C(=O)NCC(=O)O)cc1. The van der Waals surface area contributed by atoms with Gasteiger partial charge in [-0.25, -0.2) is 0 Å². The third-order valence-corrected chi connectivity index (χ3v) is 2.36. The van der Waals surface area contributed by atoms with E-state index in [2.05, 4.69) is 10.6 Å². The second-order valence-electron chi connectivity index (χ2n) is 3.94. The Morgan fingerprint density at radius 1 is 1.20 bits per heavy atom. The molecule has 0 aliphatic rings. The van der Waals surface area contributed by atoms with Crippen LogP contribution in [0.1, 0.15) is 16.8 Å². The minimum atomic E-state index is -1.11. The number of nitrogens with one attached hydrogen (secondary N) is 2. The van der Waals surface area contributed by atoms with Crippen LogP contribution in [0.5, 0.6) is 0 Å². The molecule has 7 heteroatoms. The van der Waals surface area contributed by atoms with Gasteiger partial charge in [-0.05, 0) is 24.3 Å². The molecular formula is C13H16N2O5. The Balaban J connectivity index is 2.53. The van der Waals surface area contributed by atoms with Gasteiger partial charge in [0.1, 0.15) is 6.54 Å². The first-order valence-corrected chi connectivity index (χ1v) is 5.91. The van der Waals surface area contributed by atoms with Crippen LogP contribution in [0.15, 0.2) is 24.3 Å². The minimum Gasteiger partial charge on any atom is -0.480 e. The number of amides is 2. The summed E-state index contributed by atoms with van der Waals surface area (Å²) < 4.78 is 4.79. The standard InChI is InChI=1S/C13H16N2O5/c1-20-7-6-11(16)15-10-4-2-9(3-5-10)13(19)14-8-12(17)18/h2-5H,6-8H2,1H3,(H,14,19)(H,15,16)(H,17,18). The van der Waals surface area contributed by atoms with Crippen LogP contribution in [0.2, 0.25) is 0 Å². The van der Waals surface area contributed by atoms with Gasteiger partial charge in [0.15, 0.2) is 0 Å². The summed E-state index contributed by atoms with van der Waals surface area (Å²) in [4.78, 5) is 33.3. The average Bonchev–Trinajstić information content (AvgIpc) is 2.43. The maximum atomic E-state index is 11.5. The van der Waals surface area contributed by atoms with Crippen molar-refractivity contribution >= 4 is 23.5 Å². The monoisotopic (exact) mass is 280 g/mol. The van der Waals surface area contributed by atoms with Crippen LogP contribution in [-0.2, 0) is 14.3 Å². The molecule has 0 aromatic heterocycles. The van der Waals surface area contributed by atoms with E-state index < -0.39 is 18.4 Å². The predicted molar refractivity (Wildman–Crippen MR) is 71.5 cm³/mol. The number of carbonyl (C=O) groups excluding carboxylic acids is 2. The fraction of sp³-hybridized carbons (Fsp3) is 0.308. The van der Waals surface area contributed by atoms with E-state index in [4.69, 9.17) is 9.84 Å². The molecule has 0 heterocycles. The summed E-state index contributed by atoms with van der Waals surface area (Å²) in [5.41, 5.74) is 0.877. The Labute approximate surface area is 115 Å². The van der Waals surface area contributed by atoms with Gasteiger partial charge in [-0.2, -0.15) is 0 Å². The van der Waals surface area contributed by atoms with Crippen molar-refractivity contribution in [2.75, 3.05) is 25.6 Å². The molecule has 2 amide bonds. The first kappa shape index (κ1) is 15.6. The maximum Gasteiger partial charge on any atom is 0.322 e. The van der Waals surface area contributed by atoms with Crippen LogP contribution in [0.3, 0.4) is 0 Å². The molecule has 0 spiro atoms. The topological polar surface area (TPSA) is 105 Å². The molecule has 7 nitrogen and oxygen atoms in total. The normalized spacial score (nSPS) is 9.85. The second-order valence-corrected chi connectivity index (χ2v) is 3.94. The summed E-state index contributed by atoms with van der Waals surface area (Å²) in [6.07, 6.45) is 0.247. The lowest BCUT2D eigenvalue weighted by atomic mass is 10.2. The van der Waals surface area contributed by atoms with Crippen molar-refractivity contribution in [3.63, 3.8) is 0 Å². The average molecular weight is 280 g/mol. The first-order chi connectivity index (χ1) is 9.52. The van der Waals surface area contributed by atoms with Crippen molar-refractivity contribution in [3.05, 3.63) is 29.8 Å². The molecule has 0 radical (unpaired) electrons. The van der Waals surface area contributed by atoms with Gasteiger partial charge in [0.2, 0.25) is 5.91 Å². The van der Waals surface area contributed by atoms with E-state index in [1.54, 1.807) is 12.1 Å². The van der Waals surface area contributed by atoms with Gasteiger partial charge in [0.25, 0.3) is 5.91 Å². The molecule has 0 saturated heterocycles. The Bertz CT molecular complexity index is 484. The zero-order chi connectivity index (χ0) is 15.0. The number of carboxylic acid groups (broad SMARTS) is 1. The van der Waals surface area contributed by atoms with Gasteiger partial charge in [-0.15, -0.1) is 0 Å². The second kappa shape index (κ2) is 7.90. The van der Waals surface area contributed by atoms with E-state index >= 15 is 0 Å². The molecule has 0 aliphatic heterocycles. The number of hydrogen-bond acceptors (Lipinski definition) is 4. The number of rotatable bonds is 7. The minimum absolute atomic E-state index is 0.185. The van der Waals surface area contributed by atoms with E-state index in [1.807, 2.05) is 0 Å². The Kier molecular flexibility index (Phi) is 6.18. The van der Waals surface area contributed by atoms with Gasteiger partial charge >= 0.3 is 5.97 Å². The zero-order valence-electron chi connectivity index (χ0n) is 11.0. The predicted octanol–water partition coefficient (Wildman–Crippen LogP) is 0.476. The highest BCUT2D eigenvalue weighted by molar-refractivity contribution is 5.97. The number of aliphatic carboxylic acids is 1. The largest absolute Gasteiger partial charge is 0.480 e. The van der Waals surface area contributed by atoms with Crippen LogP contribution >= 0.6 is 0 Å². The van der Waals surface area contributed by atoms with Crippen molar-refractivity contribution in [1.82, 2.24) is 5.32 Å². The molecular weight excluding hydrogens is 264 g/mol. The zero-order valence-corrected chi connectivity index (χ0v) is 11.0. The lowest BCUT2D eigenvalue weighted by Gasteiger charge is -2.06. The molecule has 1 aromatic carbocycles. The molecule has 1 aromatic rings. The molecule has 0 aliphatic carbocycles. The highest BCUT2D eigenvalue weighted by Gasteiger charge is 2.07. The van der Waals surface area contributed by atoms with Gasteiger partial charge in [-0.3, -0.25) is 14.4 Å². The highest BCUT2D eigenvalue weighted by Crippen LogP contribution is 2.09. The molecule has 0 unspecified atom stereocenters. The molecule has 3 N–H and O–H groups in total. The van der Waals surface area contributed by atoms with E-state index in [0.29, 0.717) is 17.9 Å². The molecule has 0 bridgehead atoms. The van der Waals surface area contributed by atoms with Crippen molar-refractivity contribution < 1.29 is 24.2 Å².